The average Bonchev–Trinajstić information content (AvgIpc) is 3.01. The molecule has 0 aromatic carbocycles. The summed E-state index contributed by atoms with van der Waals surface area (Å²) >= 11 is 0. The molecule has 22 heavy (non-hydrogen) atoms. The fourth-order valence-electron chi connectivity index (χ4n) is 3.40. The van der Waals surface area contributed by atoms with Gasteiger partial charge in [-0.2, -0.15) is 9.97 Å². The van der Waals surface area contributed by atoms with Gasteiger partial charge in [0.1, 0.15) is 5.69 Å². The van der Waals surface area contributed by atoms with E-state index in [1.165, 1.54) is 20.6 Å². The first-order chi connectivity index (χ1) is 10.7. The Kier molecular flexibility index (Phi) is 4.15. The number of carbonyl (C=O) groups excluding carboxylic acids is 1. The van der Waals surface area contributed by atoms with Crippen molar-refractivity contribution in [1.29, 1.82) is 0 Å². The van der Waals surface area contributed by atoms with E-state index in [1.54, 1.807) is 6.07 Å². The topological polar surface area (TPSA) is 76.6 Å². The monoisotopic (exact) mass is 306 g/mol. The van der Waals surface area contributed by atoms with E-state index in [4.69, 9.17) is 9.47 Å². The molecule has 1 amide bonds. The molecule has 7 heteroatoms. The van der Waals surface area contributed by atoms with Crippen LogP contribution >= 0.6 is 0 Å². The minimum atomic E-state index is -0.0787. The van der Waals surface area contributed by atoms with Crippen LogP contribution in [0.25, 0.3) is 0 Å². The summed E-state index contributed by atoms with van der Waals surface area (Å²) in [6, 6.07) is 1.72. The highest BCUT2D eigenvalue weighted by Crippen LogP contribution is 2.36. The van der Waals surface area contributed by atoms with Crippen LogP contribution in [0.4, 0.5) is 0 Å². The number of aromatic nitrogens is 2. The predicted molar refractivity (Wildman–Crippen MR) is 80.2 cm³/mol. The van der Waals surface area contributed by atoms with E-state index >= 15 is 0 Å². The smallest absolute Gasteiger partial charge is 0.320 e. The molecular weight excluding hydrogens is 284 g/mol. The molecule has 2 aliphatic rings. The van der Waals surface area contributed by atoms with Gasteiger partial charge in [-0.15, -0.1) is 0 Å². The standard InChI is InChI=1S/C15H22N4O3/c1-21-12-8-11(17-14(18-12)22-2)13(20)19-7-3-4-15(10-19)5-6-16-9-15/h8,16H,3-7,9-10H2,1-2H3/t15-/m1/s1. The zero-order chi connectivity index (χ0) is 15.6. The van der Waals surface area contributed by atoms with Crippen LogP contribution in [0.5, 0.6) is 11.9 Å². The first kappa shape index (κ1) is 15.0. The molecule has 1 spiro atoms. The summed E-state index contributed by atoms with van der Waals surface area (Å²) < 4.78 is 10.2. The van der Waals surface area contributed by atoms with Crippen LogP contribution < -0.4 is 14.8 Å². The van der Waals surface area contributed by atoms with E-state index in [-0.39, 0.29) is 17.3 Å². The Morgan fingerprint density at radius 2 is 2.18 bits per heavy atom. The maximum atomic E-state index is 12.8. The van der Waals surface area contributed by atoms with Gasteiger partial charge < -0.3 is 19.7 Å². The van der Waals surface area contributed by atoms with Crippen molar-refractivity contribution in [3.8, 4) is 11.9 Å². The molecule has 7 nitrogen and oxygen atoms in total. The third-order valence-corrected chi connectivity index (χ3v) is 4.57. The highest BCUT2D eigenvalue weighted by molar-refractivity contribution is 5.92. The first-order valence-electron chi connectivity index (χ1n) is 7.63. The van der Waals surface area contributed by atoms with Gasteiger partial charge in [0.25, 0.3) is 5.91 Å². The zero-order valence-electron chi connectivity index (χ0n) is 13.1. The molecule has 1 aromatic heterocycles. The molecule has 2 aliphatic heterocycles. The summed E-state index contributed by atoms with van der Waals surface area (Å²) in [5.41, 5.74) is 0.557. The lowest BCUT2D eigenvalue weighted by Gasteiger charge is -2.39. The third-order valence-electron chi connectivity index (χ3n) is 4.57. The van der Waals surface area contributed by atoms with E-state index in [2.05, 4.69) is 15.3 Å². The van der Waals surface area contributed by atoms with Crippen molar-refractivity contribution in [3.63, 3.8) is 0 Å². The summed E-state index contributed by atoms with van der Waals surface area (Å²) in [6.45, 7) is 3.59. The third kappa shape index (κ3) is 2.85. The molecule has 1 atom stereocenters. The summed E-state index contributed by atoms with van der Waals surface area (Å²) in [6.07, 6.45) is 3.35. The Bertz CT molecular complexity index is 535. The van der Waals surface area contributed by atoms with Gasteiger partial charge >= 0.3 is 6.01 Å². The lowest BCUT2D eigenvalue weighted by Crippen LogP contribution is -2.47. The Balaban J connectivity index is 1.81. The number of amides is 1. The Labute approximate surface area is 130 Å². The molecule has 1 aromatic rings. The number of piperidine rings is 1. The molecule has 0 unspecified atom stereocenters. The molecule has 1 N–H and O–H groups in total. The molecule has 3 rings (SSSR count). The number of ether oxygens (including phenoxy) is 2. The van der Waals surface area contributed by atoms with Gasteiger partial charge in [-0.3, -0.25) is 4.79 Å². The van der Waals surface area contributed by atoms with Crippen molar-refractivity contribution in [1.82, 2.24) is 20.2 Å². The average molecular weight is 306 g/mol. The number of rotatable bonds is 3. The minimum absolute atomic E-state index is 0.0787. The van der Waals surface area contributed by atoms with Crippen molar-refractivity contribution in [2.45, 2.75) is 19.3 Å². The lowest BCUT2D eigenvalue weighted by atomic mass is 9.79. The second-order valence-electron chi connectivity index (χ2n) is 6.04. The van der Waals surface area contributed by atoms with Gasteiger partial charge in [0.2, 0.25) is 5.88 Å². The van der Waals surface area contributed by atoms with E-state index in [9.17, 15) is 4.79 Å². The minimum Gasteiger partial charge on any atom is -0.481 e. The number of hydrogen-bond donors (Lipinski definition) is 1. The summed E-state index contributed by atoms with van der Waals surface area (Å²) in [5.74, 6) is 0.259. The van der Waals surface area contributed by atoms with Crippen LogP contribution in [0.1, 0.15) is 29.8 Å². The van der Waals surface area contributed by atoms with E-state index < -0.39 is 0 Å². The lowest BCUT2D eigenvalue weighted by molar-refractivity contribution is 0.0546. The molecule has 2 fully saturated rings. The highest BCUT2D eigenvalue weighted by Gasteiger charge is 2.39. The SMILES string of the molecule is COc1cc(C(=O)N2CCC[C@]3(CCNC3)C2)nc(OC)n1. The van der Waals surface area contributed by atoms with Gasteiger partial charge in [0, 0.05) is 31.1 Å². The number of nitrogens with one attached hydrogen (secondary N) is 1. The summed E-state index contributed by atoms with van der Waals surface area (Å²) in [4.78, 5) is 22.9. The van der Waals surface area contributed by atoms with Gasteiger partial charge in [-0.25, -0.2) is 0 Å². The van der Waals surface area contributed by atoms with Gasteiger partial charge in [-0.05, 0) is 25.8 Å². The second-order valence-corrected chi connectivity index (χ2v) is 6.04. The molecule has 0 radical (unpaired) electrons. The van der Waals surface area contributed by atoms with Crippen LogP contribution in [0.2, 0.25) is 0 Å². The predicted octanol–water partition coefficient (Wildman–Crippen LogP) is 0.710. The zero-order valence-corrected chi connectivity index (χ0v) is 13.1. The molecule has 0 saturated carbocycles. The molecule has 120 valence electrons. The Morgan fingerprint density at radius 3 is 2.86 bits per heavy atom. The quantitative estimate of drug-likeness (QED) is 0.886. The number of methoxy groups -OCH3 is 2. The van der Waals surface area contributed by atoms with Gasteiger partial charge in [-0.1, -0.05) is 0 Å². The van der Waals surface area contributed by atoms with Crippen molar-refractivity contribution in [2.24, 2.45) is 5.41 Å². The number of hydrogen-bond acceptors (Lipinski definition) is 6. The molecular formula is C15H22N4O3. The Hall–Kier alpha value is -1.89. The number of likely N-dealkylation sites (tertiary alicyclic amines) is 1. The van der Waals surface area contributed by atoms with E-state index in [0.717, 1.165) is 39.0 Å². The summed E-state index contributed by atoms with van der Waals surface area (Å²) in [7, 11) is 2.99. The van der Waals surface area contributed by atoms with E-state index in [1.807, 2.05) is 4.90 Å². The van der Waals surface area contributed by atoms with Crippen LogP contribution in [0.15, 0.2) is 6.07 Å². The van der Waals surface area contributed by atoms with E-state index in [0.29, 0.717) is 11.6 Å². The molecule has 2 saturated heterocycles. The van der Waals surface area contributed by atoms with Crippen molar-refractivity contribution < 1.29 is 14.3 Å². The Morgan fingerprint density at radius 1 is 1.32 bits per heavy atom. The molecule has 0 bridgehead atoms. The van der Waals surface area contributed by atoms with Gasteiger partial charge in [0.05, 0.1) is 14.2 Å². The van der Waals surface area contributed by atoms with Crippen LogP contribution in [0, 0.1) is 5.41 Å². The maximum absolute atomic E-state index is 12.8. The number of nitrogens with zero attached hydrogens (tertiary/aromatic N) is 3. The van der Waals surface area contributed by atoms with Gasteiger partial charge in [0.15, 0.2) is 0 Å². The largest absolute Gasteiger partial charge is 0.481 e. The normalized spacial score (nSPS) is 24.5. The summed E-state index contributed by atoms with van der Waals surface area (Å²) in [5, 5.41) is 3.41. The highest BCUT2D eigenvalue weighted by atomic mass is 16.5. The molecule has 3 heterocycles. The fraction of sp³-hybridized carbons (Fsp3) is 0.667. The molecule has 0 aliphatic carbocycles. The van der Waals surface area contributed by atoms with Crippen molar-refractivity contribution >= 4 is 5.91 Å². The fourth-order valence-corrected chi connectivity index (χ4v) is 3.40. The second kappa shape index (κ2) is 6.08. The first-order valence-corrected chi connectivity index (χ1v) is 7.63. The maximum Gasteiger partial charge on any atom is 0.320 e. The van der Waals surface area contributed by atoms with Crippen LogP contribution in [-0.4, -0.2) is 61.2 Å². The van der Waals surface area contributed by atoms with Crippen molar-refractivity contribution in [3.05, 3.63) is 11.8 Å². The van der Waals surface area contributed by atoms with Crippen molar-refractivity contribution in [2.75, 3.05) is 40.4 Å². The number of carbonyl (C=O) groups is 1. The van der Waals surface area contributed by atoms with Crippen LogP contribution in [-0.2, 0) is 0 Å². The van der Waals surface area contributed by atoms with Crippen LogP contribution in [0.3, 0.4) is 0 Å².